The Balaban J connectivity index is 1.87. The molecule has 0 saturated carbocycles. The number of rotatable bonds is 7. The summed E-state index contributed by atoms with van der Waals surface area (Å²) in [6.45, 7) is 1.74. The third-order valence-electron chi connectivity index (χ3n) is 5.51. The van der Waals surface area contributed by atoms with Crippen molar-refractivity contribution < 1.29 is 32.2 Å². The van der Waals surface area contributed by atoms with E-state index in [-0.39, 0.29) is 10.8 Å². The molecule has 12 heteroatoms. The van der Waals surface area contributed by atoms with Crippen LogP contribution in [0.3, 0.4) is 0 Å². The molecule has 0 aliphatic rings. The molecule has 4 aromatic rings. The maximum absolute atomic E-state index is 15.0. The first kappa shape index (κ1) is 25.6. The molecule has 4 rings (SSSR count). The van der Waals surface area contributed by atoms with Gasteiger partial charge in [0.05, 0.1) is 11.6 Å². The Kier molecular flexibility index (Phi) is 7.01. The van der Waals surface area contributed by atoms with Crippen molar-refractivity contribution in [2.45, 2.75) is 29.9 Å². The molecule has 188 valence electrons. The van der Waals surface area contributed by atoms with Gasteiger partial charge in [-0.3, -0.25) is 4.98 Å². The Morgan fingerprint density at radius 3 is 2.42 bits per heavy atom. The molecule has 6 nitrogen and oxygen atoms in total. The first-order valence-corrected chi connectivity index (χ1v) is 11.5. The van der Waals surface area contributed by atoms with E-state index in [9.17, 15) is 27.8 Å². The number of pyridine rings is 1. The molecule has 0 spiro atoms. The zero-order valence-corrected chi connectivity index (χ0v) is 19.4. The van der Waals surface area contributed by atoms with Crippen molar-refractivity contribution in [1.29, 1.82) is 0 Å². The standard InChI is InChI=1S/C24H19F5N4O2S/c1-13-6-7-14-17(32-13)4-2-5-18(14)33-21(15-8-9-16(25)20(34)19(15)26)23(35,24(27,28)29)12-36-22-30-10-3-11-31-22/h2-11,21,33-35H,12H2,1H3/t21-,23-/m1/s1. The van der Waals surface area contributed by atoms with Gasteiger partial charge in [0, 0.05) is 40.5 Å². The van der Waals surface area contributed by atoms with Crippen LogP contribution in [0, 0.1) is 18.6 Å². The number of nitrogens with zero attached hydrogens (tertiary/aromatic N) is 3. The number of benzene rings is 2. The van der Waals surface area contributed by atoms with Crippen LogP contribution in [0.25, 0.3) is 10.9 Å². The fraction of sp³-hybridized carbons (Fsp3) is 0.208. The number of alkyl halides is 3. The van der Waals surface area contributed by atoms with E-state index in [0.717, 1.165) is 6.07 Å². The van der Waals surface area contributed by atoms with Crippen LogP contribution in [0.4, 0.5) is 27.6 Å². The number of aliphatic hydroxyl groups is 1. The van der Waals surface area contributed by atoms with Crippen molar-refractivity contribution in [2.24, 2.45) is 0 Å². The monoisotopic (exact) mass is 522 g/mol. The number of anilines is 1. The van der Waals surface area contributed by atoms with Crippen molar-refractivity contribution in [1.82, 2.24) is 15.0 Å². The van der Waals surface area contributed by atoms with Gasteiger partial charge < -0.3 is 15.5 Å². The molecule has 2 heterocycles. The number of aromatic nitrogens is 3. The maximum Gasteiger partial charge on any atom is 0.420 e. The molecular formula is C24H19F5N4O2S. The highest BCUT2D eigenvalue weighted by atomic mass is 32.2. The molecule has 2 aromatic heterocycles. The summed E-state index contributed by atoms with van der Waals surface area (Å²) in [4.78, 5) is 12.0. The topological polar surface area (TPSA) is 91.2 Å². The highest BCUT2D eigenvalue weighted by Crippen LogP contribution is 2.46. The number of thioether (sulfide) groups is 1. The number of fused-ring (bicyclic) bond motifs is 1. The molecule has 0 saturated heterocycles. The molecule has 0 bridgehead atoms. The molecule has 36 heavy (non-hydrogen) atoms. The minimum Gasteiger partial charge on any atom is -0.503 e. The van der Waals surface area contributed by atoms with Crippen LogP contribution in [0.15, 0.2) is 66.1 Å². The van der Waals surface area contributed by atoms with Gasteiger partial charge in [-0.25, -0.2) is 18.7 Å². The van der Waals surface area contributed by atoms with Crippen molar-refractivity contribution in [3.63, 3.8) is 0 Å². The van der Waals surface area contributed by atoms with Gasteiger partial charge in [0.15, 0.2) is 28.1 Å². The van der Waals surface area contributed by atoms with Crippen molar-refractivity contribution in [3.8, 4) is 5.75 Å². The summed E-state index contributed by atoms with van der Waals surface area (Å²) >= 11 is 0.503. The third-order valence-corrected chi connectivity index (χ3v) is 6.56. The van der Waals surface area contributed by atoms with Gasteiger partial charge in [-0.05, 0) is 43.3 Å². The number of phenols is 1. The van der Waals surface area contributed by atoms with Crippen molar-refractivity contribution in [3.05, 3.63) is 83.8 Å². The number of phenolic OH excluding ortho intramolecular Hbond substituents is 1. The molecule has 3 N–H and O–H groups in total. The quantitative estimate of drug-likeness (QED) is 0.166. The summed E-state index contributed by atoms with van der Waals surface area (Å²) in [6, 6.07) is 8.51. The zero-order valence-electron chi connectivity index (χ0n) is 18.6. The summed E-state index contributed by atoms with van der Waals surface area (Å²) in [5, 5.41) is 23.9. The van der Waals surface area contributed by atoms with Crippen molar-refractivity contribution >= 4 is 28.4 Å². The largest absolute Gasteiger partial charge is 0.503 e. The Morgan fingerprint density at radius 1 is 1.00 bits per heavy atom. The van der Waals surface area contributed by atoms with Crippen LogP contribution in [0.2, 0.25) is 0 Å². The van der Waals surface area contributed by atoms with E-state index in [0.29, 0.717) is 34.4 Å². The summed E-state index contributed by atoms with van der Waals surface area (Å²) in [5.41, 5.74) is -3.19. The lowest BCUT2D eigenvalue weighted by molar-refractivity contribution is -0.256. The summed E-state index contributed by atoms with van der Waals surface area (Å²) in [7, 11) is 0. The molecule has 0 aliphatic heterocycles. The van der Waals surface area contributed by atoms with E-state index in [1.807, 2.05) is 0 Å². The molecule has 0 unspecified atom stereocenters. The molecule has 2 atom stereocenters. The second kappa shape index (κ2) is 9.86. The molecular weight excluding hydrogens is 503 g/mol. The molecule has 0 amide bonds. The van der Waals surface area contributed by atoms with Gasteiger partial charge in [0.25, 0.3) is 0 Å². The van der Waals surface area contributed by atoms with E-state index in [2.05, 4.69) is 20.3 Å². The van der Waals surface area contributed by atoms with E-state index in [4.69, 9.17) is 0 Å². The number of aryl methyl sites for hydroxylation is 1. The van der Waals surface area contributed by atoms with Crippen LogP contribution in [-0.2, 0) is 0 Å². The summed E-state index contributed by atoms with van der Waals surface area (Å²) < 4.78 is 72.3. The van der Waals surface area contributed by atoms with E-state index >= 15 is 4.39 Å². The van der Waals surface area contributed by atoms with Gasteiger partial charge in [0.1, 0.15) is 0 Å². The second-order valence-corrected chi connectivity index (χ2v) is 8.89. The van der Waals surface area contributed by atoms with Gasteiger partial charge in [-0.2, -0.15) is 13.2 Å². The number of aromatic hydroxyl groups is 1. The van der Waals surface area contributed by atoms with Gasteiger partial charge in [-0.15, -0.1) is 0 Å². The Morgan fingerprint density at radius 2 is 1.72 bits per heavy atom. The lowest BCUT2D eigenvalue weighted by Gasteiger charge is -2.38. The normalized spacial score (nSPS) is 14.4. The van der Waals surface area contributed by atoms with E-state index < -0.39 is 46.5 Å². The predicted octanol–water partition coefficient (Wildman–Crippen LogP) is 5.56. The van der Waals surface area contributed by atoms with Crippen LogP contribution >= 0.6 is 11.8 Å². The average Bonchev–Trinajstić information content (AvgIpc) is 2.84. The highest BCUT2D eigenvalue weighted by molar-refractivity contribution is 7.99. The van der Waals surface area contributed by atoms with Crippen molar-refractivity contribution in [2.75, 3.05) is 11.1 Å². The fourth-order valence-electron chi connectivity index (χ4n) is 3.64. The fourth-order valence-corrected chi connectivity index (χ4v) is 4.59. The van der Waals surface area contributed by atoms with Gasteiger partial charge in [0.2, 0.25) is 0 Å². The maximum atomic E-state index is 15.0. The zero-order chi connectivity index (χ0) is 26.1. The second-order valence-electron chi connectivity index (χ2n) is 7.94. The molecule has 0 aliphatic carbocycles. The first-order chi connectivity index (χ1) is 17.0. The first-order valence-electron chi connectivity index (χ1n) is 10.5. The number of nitrogens with one attached hydrogen (secondary N) is 1. The molecule has 0 fully saturated rings. The Bertz CT molecular complexity index is 1390. The van der Waals surface area contributed by atoms with Crippen LogP contribution < -0.4 is 5.32 Å². The SMILES string of the molecule is Cc1ccc2c(N[C@H](c3ccc(F)c(O)c3F)[C@](O)(CSc3ncccn3)C(F)(F)F)cccc2n1. The minimum absolute atomic E-state index is 0.0498. The van der Waals surface area contributed by atoms with Crippen LogP contribution in [0.1, 0.15) is 17.3 Å². The minimum atomic E-state index is -5.30. The van der Waals surface area contributed by atoms with Crippen LogP contribution in [-0.4, -0.2) is 42.7 Å². The Labute approximate surface area is 206 Å². The summed E-state index contributed by atoms with van der Waals surface area (Å²) in [5.74, 6) is -5.50. The smallest absolute Gasteiger partial charge is 0.420 e. The van der Waals surface area contributed by atoms with E-state index in [1.54, 1.807) is 25.1 Å². The predicted molar refractivity (Wildman–Crippen MR) is 125 cm³/mol. The molecule has 2 aromatic carbocycles. The molecule has 0 radical (unpaired) electrons. The third kappa shape index (κ3) is 4.91. The highest BCUT2D eigenvalue weighted by Gasteiger charge is 2.60. The number of hydrogen-bond acceptors (Lipinski definition) is 7. The van der Waals surface area contributed by atoms with Gasteiger partial charge in [-0.1, -0.05) is 23.9 Å². The lowest BCUT2D eigenvalue weighted by atomic mass is 9.88. The lowest BCUT2D eigenvalue weighted by Crippen LogP contribution is -2.55. The number of hydrogen-bond donors (Lipinski definition) is 3. The average molecular weight is 522 g/mol. The summed E-state index contributed by atoms with van der Waals surface area (Å²) in [6.07, 6.45) is -2.66. The number of halogens is 5. The van der Waals surface area contributed by atoms with Crippen LogP contribution in [0.5, 0.6) is 5.75 Å². The Hall–Kier alpha value is -3.51. The van der Waals surface area contributed by atoms with Gasteiger partial charge >= 0.3 is 6.18 Å². The van der Waals surface area contributed by atoms with E-state index in [1.165, 1.54) is 30.6 Å².